The molecule has 0 fully saturated rings. The number of carbonyl (C=O) groups excluding carboxylic acids is 1. The first-order chi connectivity index (χ1) is 13.3. The van der Waals surface area contributed by atoms with E-state index in [1.165, 1.54) is 11.3 Å². The average molecular weight is 377 g/mol. The van der Waals surface area contributed by atoms with Gasteiger partial charge in [0.15, 0.2) is 4.96 Å². The molecule has 0 bridgehead atoms. The minimum Gasteiger partial charge on any atom is -0.496 e. The van der Waals surface area contributed by atoms with Crippen molar-refractivity contribution >= 4 is 22.2 Å². The number of methoxy groups -OCH3 is 1. The topological polar surface area (TPSA) is 55.6 Å². The first-order valence-corrected chi connectivity index (χ1v) is 9.56. The Balaban J connectivity index is 1.47. The van der Waals surface area contributed by atoms with Crippen molar-refractivity contribution in [3.8, 4) is 17.0 Å². The number of amides is 1. The largest absolute Gasteiger partial charge is 0.496 e. The summed E-state index contributed by atoms with van der Waals surface area (Å²) in [6.07, 6.45) is 2.62. The maximum absolute atomic E-state index is 12.6. The van der Waals surface area contributed by atoms with E-state index >= 15 is 0 Å². The van der Waals surface area contributed by atoms with Gasteiger partial charge in [-0.25, -0.2) is 4.98 Å². The van der Waals surface area contributed by atoms with Crippen LogP contribution in [0.15, 0.2) is 66.2 Å². The van der Waals surface area contributed by atoms with Crippen LogP contribution in [0.3, 0.4) is 0 Å². The van der Waals surface area contributed by atoms with Gasteiger partial charge in [-0.1, -0.05) is 48.5 Å². The van der Waals surface area contributed by atoms with Gasteiger partial charge in [0.05, 0.1) is 12.8 Å². The lowest BCUT2D eigenvalue weighted by atomic mass is 10.1. The van der Waals surface area contributed by atoms with Crippen molar-refractivity contribution in [3.05, 3.63) is 77.4 Å². The van der Waals surface area contributed by atoms with Crippen LogP contribution in [0.2, 0.25) is 0 Å². The zero-order chi connectivity index (χ0) is 18.6. The van der Waals surface area contributed by atoms with Crippen molar-refractivity contribution in [1.82, 2.24) is 14.7 Å². The van der Waals surface area contributed by atoms with Crippen LogP contribution in [0.1, 0.15) is 16.1 Å². The number of imidazole rings is 1. The van der Waals surface area contributed by atoms with Crippen molar-refractivity contribution in [3.63, 3.8) is 0 Å². The van der Waals surface area contributed by atoms with Crippen LogP contribution >= 0.6 is 11.3 Å². The highest BCUT2D eigenvalue weighted by molar-refractivity contribution is 7.15. The molecule has 2 aromatic heterocycles. The summed E-state index contributed by atoms with van der Waals surface area (Å²) in [5.41, 5.74) is 3.58. The minimum atomic E-state index is -0.104. The molecular formula is C21H19N3O2S. The summed E-state index contributed by atoms with van der Waals surface area (Å²) in [5, 5.41) is 4.83. The van der Waals surface area contributed by atoms with E-state index in [0.29, 0.717) is 18.7 Å². The lowest BCUT2D eigenvalue weighted by Crippen LogP contribution is -2.26. The molecule has 0 aliphatic rings. The second-order valence-electron chi connectivity index (χ2n) is 6.08. The molecule has 0 aliphatic carbocycles. The van der Waals surface area contributed by atoms with Crippen molar-refractivity contribution < 1.29 is 9.53 Å². The van der Waals surface area contributed by atoms with Crippen molar-refractivity contribution in [2.24, 2.45) is 0 Å². The Morgan fingerprint density at radius 3 is 2.74 bits per heavy atom. The first-order valence-electron chi connectivity index (χ1n) is 8.68. The van der Waals surface area contributed by atoms with E-state index in [0.717, 1.165) is 27.5 Å². The second-order valence-corrected chi connectivity index (χ2v) is 6.92. The SMILES string of the molecule is COc1ccccc1CCNC(=O)c1csc2nc(-c3ccccc3)cn12. The molecule has 0 atom stereocenters. The summed E-state index contributed by atoms with van der Waals surface area (Å²) in [5.74, 6) is 0.736. The molecule has 0 saturated carbocycles. The van der Waals surface area contributed by atoms with E-state index in [-0.39, 0.29) is 5.91 Å². The summed E-state index contributed by atoms with van der Waals surface area (Å²) in [6, 6.07) is 17.8. The molecule has 0 spiro atoms. The molecule has 2 aromatic carbocycles. The predicted octanol–water partition coefficient (Wildman–Crippen LogP) is 4.04. The fraction of sp³-hybridized carbons (Fsp3) is 0.143. The third-order valence-electron chi connectivity index (χ3n) is 4.38. The minimum absolute atomic E-state index is 0.104. The molecule has 0 aliphatic heterocycles. The monoisotopic (exact) mass is 377 g/mol. The number of thiazole rings is 1. The number of hydrogen-bond acceptors (Lipinski definition) is 4. The van der Waals surface area contributed by atoms with Gasteiger partial charge in [-0.3, -0.25) is 9.20 Å². The van der Waals surface area contributed by atoms with E-state index in [2.05, 4.69) is 10.3 Å². The lowest BCUT2D eigenvalue weighted by molar-refractivity contribution is 0.0948. The van der Waals surface area contributed by atoms with Crippen LogP contribution in [0, 0.1) is 0 Å². The molecule has 4 aromatic rings. The normalized spacial score (nSPS) is 10.9. The van der Waals surface area contributed by atoms with E-state index in [9.17, 15) is 4.79 Å². The van der Waals surface area contributed by atoms with Gasteiger partial charge in [0.2, 0.25) is 0 Å². The highest BCUT2D eigenvalue weighted by Crippen LogP contribution is 2.23. The van der Waals surface area contributed by atoms with Crippen LogP contribution in [0.4, 0.5) is 0 Å². The molecule has 136 valence electrons. The molecule has 0 radical (unpaired) electrons. The summed E-state index contributed by atoms with van der Waals surface area (Å²) >= 11 is 1.46. The van der Waals surface area contributed by atoms with Gasteiger partial charge < -0.3 is 10.1 Å². The molecule has 2 heterocycles. The Bertz CT molecular complexity index is 1070. The Morgan fingerprint density at radius 2 is 1.93 bits per heavy atom. The molecule has 1 amide bonds. The molecule has 0 unspecified atom stereocenters. The van der Waals surface area contributed by atoms with E-state index in [1.54, 1.807) is 7.11 Å². The first kappa shape index (κ1) is 17.3. The maximum atomic E-state index is 12.6. The molecule has 4 rings (SSSR count). The zero-order valence-electron chi connectivity index (χ0n) is 14.9. The van der Waals surface area contributed by atoms with Gasteiger partial charge in [0.1, 0.15) is 11.4 Å². The average Bonchev–Trinajstić information content (AvgIpc) is 3.30. The number of nitrogens with zero attached hydrogens (tertiary/aromatic N) is 2. The van der Waals surface area contributed by atoms with E-state index in [1.807, 2.05) is 70.6 Å². The fourth-order valence-electron chi connectivity index (χ4n) is 3.01. The van der Waals surface area contributed by atoms with Crippen molar-refractivity contribution in [1.29, 1.82) is 0 Å². The van der Waals surface area contributed by atoms with E-state index < -0.39 is 0 Å². The Hall–Kier alpha value is -3.12. The number of ether oxygens (including phenoxy) is 1. The van der Waals surface area contributed by atoms with Crippen LogP contribution in [0.25, 0.3) is 16.2 Å². The van der Waals surface area contributed by atoms with Crippen molar-refractivity contribution in [2.45, 2.75) is 6.42 Å². The van der Waals surface area contributed by atoms with Crippen LogP contribution in [-0.2, 0) is 6.42 Å². The molecule has 0 saturated heterocycles. The van der Waals surface area contributed by atoms with Gasteiger partial charge in [-0.15, -0.1) is 11.3 Å². The Morgan fingerprint density at radius 1 is 1.15 bits per heavy atom. The van der Waals surface area contributed by atoms with Crippen LogP contribution < -0.4 is 10.1 Å². The van der Waals surface area contributed by atoms with Gasteiger partial charge >= 0.3 is 0 Å². The van der Waals surface area contributed by atoms with Crippen LogP contribution in [-0.4, -0.2) is 28.9 Å². The number of carbonyl (C=O) groups is 1. The molecule has 1 N–H and O–H groups in total. The van der Waals surface area contributed by atoms with Crippen molar-refractivity contribution in [2.75, 3.05) is 13.7 Å². The second kappa shape index (κ2) is 7.63. The predicted molar refractivity (Wildman–Crippen MR) is 108 cm³/mol. The number of benzene rings is 2. The summed E-state index contributed by atoms with van der Waals surface area (Å²) in [4.78, 5) is 18.1. The highest BCUT2D eigenvalue weighted by atomic mass is 32.1. The molecular weight excluding hydrogens is 358 g/mol. The van der Waals surface area contributed by atoms with Crippen LogP contribution in [0.5, 0.6) is 5.75 Å². The summed E-state index contributed by atoms with van der Waals surface area (Å²) in [7, 11) is 1.66. The number of hydrogen-bond donors (Lipinski definition) is 1. The maximum Gasteiger partial charge on any atom is 0.269 e. The fourth-order valence-corrected chi connectivity index (χ4v) is 3.86. The number of aromatic nitrogens is 2. The number of rotatable bonds is 6. The van der Waals surface area contributed by atoms with E-state index in [4.69, 9.17) is 4.74 Å². The third kappa shape index (κ3) is 3.57. The number of nitrogens with one attached hydrogen (secondary N) is 1. The number of para-hydroxylation sites is 1. The standard InChI is InChI=1S/C21H19N3O2S/c1-26-19-10-6-5-9-16(19)11-12-22-20(25)18-14-27-21-23-17(13-24(18)21)15-7-3-2-4-8-15/h2-10,13-14H,11-12H2,1H3,(H,22,25). The molecule has 27 heavy (non-hydrogen) atoms. The number of fused-ring (bicyclic) bond motifs is 1. The summed E-state index contributed by atoms with van der Waals surface area (Å²) in [6.45, 7) is 0.538. The molecule has 6 heteroatoms. The lowest BCUT2D eigenvalue weighted by Gasteiger charge is -2.08. The molecule has 5 nitrogen and oxygen atoms in total. The third-order valence-corrected chi connectivity index (χ3v) is 5.22. The smallest absolute Gasteiger partial charge is 0.269 e. The Labute approximate surface area is 161 Å². The van der Waals surface area contributed by atoms with Gasteiger partial charge in [-0.2, -0.15) is 0 Å². The van der Waals surface area contributed by atoms with Gasteiger partial charge in [0, 0.05) is 23.7 Å². The quantitative estimate of drug-likeness (QED) is 0.552. The highest BCUT2D eigenvalue weighted by Gasteiger charge is 2.15. The van der Waals surface area contributed by atoms with Gasteiger partial charge in [-0.05, 0) is 18.1 Å². The summed E-state index contributed by atoms with van der Waals surface area (Å²) < 4.78 is 7.21. The Kier molecular flexibility index (Phi) is 4.89. The zero-order valence-corrected chi connectivity index (χ0v) is 15.7. The van der Waals surface area contributed by atoms with Gasteiger partial charge in [0.25, 0.3) is 5.91 Å².